The van der Waals surface area contributed by atoms with Crippen molar-refractivity contribution in [2.45, 2.75) is 25.7 Å². The van der Waals surface area contributed by atoms with Gasteiger partial charge in [-0.15, -0.1) is 11.3 Å². The first-order valence-electron chi connectivity index (χ1n) is 4.45. The van der Waals surface area contributed by atoms with Gasteiger partial charge in [-0.1, -0.05) is 13.8 Å². The SMILES string of the molecule is CC(C)c1nc(C(CN)CO)cs1. The van der Waals surface area contributed by atoms with E-state index in [2.05, 4.69) is 18.8 Å². The van der Waals surface area contributed by atoms with Gasteiger partial charge in [0.05, 0.1) is 17.3 Å². The molecular formula is C9H16N2OS. The van der Waals surface area contributed by atoms with Gasteiger partial charge in [0.15, 0.2) is 0 Å². The van der Waals surface area contributed by atoms with Crippen molar-refractivity contribution in [1.82, 2.24) is 4.98 Å². The highest BCUT2D eigenvalue weighted by molar-refractivity contribution is 7.09. The number of nitrogens with zero attached hydrogens (tertiary/aromatic N) is 1. The Morgan fingerprint density at radius 1 is 1.62 bits per heavy atom. The number of hydrogen-bond acceptors (Lipinski definition) is 4. The van der Waals surface area contributed by atoms with Crippen molar-refractivity contribution in [1.29, 1.82) is 0 Å². The lowest BCUT2D eigenvalue weighted by atomic mass is 10.1. The zero-order chi connectivity index (χ0) is 9.84. The second-order valence-corrected chi connectivity index (χ2v) is 4.27. The molecule has 0 spiro atoms. The van der Waals surface area contributed by atoms with Gasteiger partial charge in [0, 0.05) is 23.8 Å². The van der Waals surface area contributed by atoms with E-state index in [1.165, 1.54) is 0 Å². The van der Waals surface area contributed by atoms with Crippen molar-refractivity contribution in [3.63, 3.8) is 0 Å². The van der Waals surface area contributed by atoms with Crippen LogP contribution in [0.15, 0.2) is 5.38 Å². The Hall–Kier alpha value is -0.450. The Morgan fingerprint density at radius 3 is 2.69 bits per heavy atom. The van der Waals surface area contributed by atoms with Crippen LogP contribution in [0.2, 0.25) is 0 Å². The molecule has 0 radical (unpaired) electrons. The summed E-state index contributed by atoms with van der Waals surface area (Å²) in [6, 6.07) is 0. The maximum absolute atomic E-state index is 9.01. The van der Waals surface area contributed by atoms with E-state index in [1.807, 2.05) is 5.38 Å². The van der Waals surface area contributed by atoms with Crippen LogP contribution in [-0.2, 0) is 0 Å². The van der Waals surface area contributed by atoms with Gasteiger partial charge in [-0.25, -0.2) is 4.98 Å². The van der Waals surface area contributed by atoms with Crippen molar-refractivity contribution in [2.24, 2.45) is 5.73 Å². The van der Waals surface area contributed by atoms with Crippen LogP contribution >= 0.6 is 11.3 Å². The van der Waals surface area contributed by atoms with E-state index in [9.17, 15) is 0 Å². The molecule has 1 atom stereocenters. The summed E-state index contributed by atoms with van der Waals surface area (Å²) in [5.41, 5.74) is 6.43. The van der Waals surface area contributed by atoms with Crippen LogP contribution in [0.5, 0.6) is 0 Å². The molecule has 1 aromatic heterocycles. The third kappa shape index (κ3) is 2.49. The van der Waals surface area contributed by atoms with Crippen LogP contribution in [0.4, 0.5) is 0 Å². The number of nitrogens with two attached hydrogens (primary N) is 1. The van der Waals surface area contributed by atoms with E-state index < -0.39 is 0 Å². The number of aliphatic hydroxyl groups is 1. The standard InChI is InChI=1S/C9H16N2OS/c1-6(2)9-11-8(5-13-9)7(3-10)4-12/h5-7,12H,3-4,10H2,1-2H3. The number of aliphatic hydroxyl groups excluding tert-OH is 1. The average Bonchev–Trinajstić information content (AvgIpc) is 2.56. The van der Waals surface area contributed by atoms with Gasteiger partial charge in [0.25, 0.3) is 0 Å². The highest BCUT2D eigenvalue weighted by atomic mass is 32.1. The third-order valence-electron chi connectivity index (χ3n) is 1.96. The molecule has 3 N–H and O–H groups in total. The summed E-state index contributed by atoms with van der Waals surface area (Å²) in [4.78, 5) is 4.43. The minimum atomic E-state index is 0.00347. The van der Waals surface area contributed by atoms with Crippen molar-refractivity contribution in [3.05, 3.63) is 16.1 Å². The molecule has 13 heavy (non-hydrogen) atoms. The smallest absolute Gasteiger partial charge is 0.0953 e. The highest BCUT2D eigenvalue weighted by Crippen LogP contribution is 2.23. The topological polar surface area (TPSA) is 59.1 Å². The number of thiazole rings is 1. The molecular weight excluding hydrogens is 184 g/mol. The molecule has 0 aromatic carbocycles. The van der Waals surface area contributed by atoms with Gasteiger partial charge in [0.1, 0.15) is 0 Å². The lowest BCUT2D eigenvalue weighted by Gasteiger charge is -2.07. The van der Waals surface area contributed by atoms with Gasteiger partial charge >= 0.3 is 0 Å². The molecule has 0 bridgehead atoms. The fourth-order valence-corrected chi connectivity index (χ4v) is 1.96. The zero-order valence-corrected chi connectivity index (χ0v) is 8.84. The van der Waals surface area contributed by atoms with E-state index in [0.717, 1.165) is 10.7 Å². The normalized spacial score (nSPS) is 13.6. The van der Waals surface area contributed by atoms with E-state index in [0.29, 0.717) is 12.5 Å². The van der Waals surface area contributed by atoms with Crippen LogP contribution in [0, 0.1) is 0 Å². The number of rotatable bonds is 4. The Balaban J connectivity index is 2.78. The zero-order valence-electron chi connectivity index (χ0n) is 8.03. The Labute approximate surface area is 82.6 Å². The van der Waals surface area contributed by atoms with Crippen LogP contribution in [0.1, 0.15) is 36.4 Å². The fourth-order valence-electron chi connectivity index (χ4n) is 1.04. The Bertz CT molecular complexity index is 256. The van der Waals surface area contributed by atoms with Crippen LogP contribution in [0.25, 0.3) is 0 Å². The molecule has 4 heteroatoms. The molecule has 1 aromatic rings. The minimum Gasteiger partial charge on any atom is -0.396 e. The summed E-state index contributed by atoms with van der Waals surface area (Å²) < 4.78 is 0. The lowest BCUT2D eigenvalue weighted by molar-refractivity contribution is 0.266. The average molecular weight is 200 g/mol. The summed E-state index contributed by atoms with van der Waals surface area (Å²) in [6.07, 6.45) is 0. The fraction of sp³-hybridized carbons (Fsp3) is 0.667. The van der Waals surface area contributed by atoms with Gasteiger partial charge < -0.3 is 10.8 Å². The summed E-state index contributed by atoms with van der Waals surface area (Å²) in [5.74, 6) is 0.458. The van der Waals surface area contributed by atoms with Crippen LogP contribution in [0.3, 0.4) is 0 Å². The highest BCUT2D eigenvalue weighted by Gasteiger charge is 2.13. The summed E-state index contributed by atoms with van der Waals surface area (Å²) >= 11 is 1.64. The van der Waals surface area contributed by atoms with Crippen molar-refractivity contribution in [2.75, 3.05) is 13.2 Å². The number of hydrogen-bond donors (Lipinski definition) is 2. The van der Waals surface area contributed by atoms with E-state index in [4.69, 9.17) is 10.8 Å². The van der Waals surface area contributed by atoms with Gasteiger partial charge in [-0.05, 0) is 0 Å². The van der Waals surface area contributed by atoms with Crippen LogP contribution < -0.4 is 5.73 Å². The maximum Gasteiger partial charge on any atom is 0.0953 e. The second-order valence-electron chi connectivity index (χ2n) is 3.38. The Morgan fingerprint density at radius 2 is 2.31 bits per heavy atom. The summed E-state index contributed by atoms with van der Waals surface area (Å²) in [6.45, 7) is 4.76. The minimum absolute atomic E-state index is 0.00347. The van der Waals surface area contributed by atoms with Crippen molar-refractivity contribution < 1.29 is 5.11 Å². The van der Waals surface area contributed by atoms with Crippen LogP contribution in [-0.4, -0.2) is 23.2 Å². The molecule has 0 aliphatic carbocycles. The first-order chi connectivity index (χ1) is 6.19. The van der Waals surface area contributed by atoms with E-state index >= 15 is 0 Å². The molecule has 0 fully saturated rings. The van der Waals surface area contributed by atoms with Crippen molar-refractivity contribution in [3.8, 4) is 0 Å². The molecule has 1 rings (SSSR count). The van der Waals surface area contributed by atoms with Gasteiger partial charge in [-0.3, -0.25) is 0 Å². The third-order valence-corrected chi connectivity index (χ3v) is 3.12. The molecule has 0 aliphatic heterocycles. The molecule has 74 valence electrons. The second kappa shape index (κ2) is 4.69. The summed E-state index contributed by atoms with van der Waals surface area (Å²) in [5, 5.41) is 12.1. The quantitative estimate of drug-likeness (QED) is 0.770. The molecule has 0 amide bonds. The predicted octanol–water partition coefficient (Wildman–Crippen LogP) is 1.30. The maximum atomic E-state index is 9.01. The first-order valence-corrected chi connectivity index (χ1v) is 5.33. The monoisotopic (exact) mass is 200 g/mol. The molecule has 1 unspecified atom stereocenters. The van der Waals surface area contributed by atoms with E-state index in [-0.39, 0.29) is 12.5 Å². The van der Waals surface area contributed by atoms with Crippen molar-refractivity contribution >= 4 is 11.3 Å². The van der Waals surface area contributed by atoms with Gasteiger partial charge in [0.2, 0.25) is 0 Å². The molecule has 0 saturated heterocycles. The molecule has 1 heterocycles. The van der Waals surface area contributed by atoms with Gasteiger partial charge in [-0.2, -0.15) is 0 Å². The lowest BCUT2D eigenvalue weighted by Crippen LogP contribution is -2.16. The predicted molar refractivity (Wildman–Crippen MR) is 55.1 cm³/mol. The first kappa shape index (κ1) is 10.6. The summed E-state index contributed by atoms with van der Waals surface area (Å²) in [7, 11) is 0. The molecule has 0 aliphatic rings. The van der Waals surface area contributed by atoms with E-state index in [1.54, 1.807) is 11.3 Å². The Kier molecular flexibility index (Phi) is 3.84. The number of aromatic nitrogens is 1. The largest absolute Gasteiger partial charge is 0.396 e. The molecule has 0 saturated carbocycles. The molecule has 3 nitrogen and oxygen atoms in total.